The number of hydrogen-bond acceptors (Lipinski definition) is 3. The minimum atomic E-state index is -1.19. The Bertz CT molecular complexity index is 651. The smallest absolute Gasteiger partial charge is 0.339 e. The summed E-state index contributed by atoms with van der Waals surface area (Å²) in [7, 11) is 0. The Kier molecular flexibility index (Phi) is 2.77. The number of rotatable bonds is 2. The van der Waals surface area contributed by atoms with Gasteiger partial charge in [-0.1, -0.05) is 0 Å². The number of halogens is 1. The van der Waals surface area contributed by atoms with Gasteiger partial charge in [0.05, 0.1) is 11.9 Å². The number of aromatic nitrogens is 3. The highest BCUT2D eigenvalue weighted by atomic mass is 19.1. The lowest BCUT2D eigenvalue weighted by Gasteiger charge is -2.14. The third kappa shape index (κ3) is 1.99. The van der Waals surface area contributed by atoms with Crippen LogP contribution in [0.3, 0.4) is 0 Å². The van der Waals surface area contributed by atoms with E-state index in [9.17, 15) is 9.18 Å². The van der Waals surface area contributed by atoms with Crippen LogP contribution in [0.15, 0.2) is 18.6 Å². The van der Waals surface area contributed by atoms with E-state index >= 15 is 0 Å². The molecule has 1 aliphatic carbocycles. The number of carboxylic acid groups (broad SMARTS) is 1. The lowest BCUT2D eigenvalue weighted by Crippen LogP contribution is -2.12. The predicted molar refractivity (Wildman–Crippen MR) is 64.9 cm³/mol. The SMILES string of the molecule is O=C(O)c1cc(F)cnc1-n1cnc2c1CCCC2. The molecule has 0 saturated heterocycles. The highest BCUT2D eigenvalue weighted by Gasteiger charge is 2.21. The maximum absolute atomic E-state index is 13.1. The summed E-state index contributed by atoms with van der Waals surface area (Å²) in [6.45, 7) is 0. The number of imidazole rings is 1. The molecule has 0 saturated carbocycles. The van der Waals surface area contributed by atoms with Crippen molar-refractivity contribution < 1.29 is 14.3 Å². The summed E-state index contributed by atoms with van der Waals surface area (Å²) in [6.07, 6.45) is 6.47. The Balaban J connectivity index is 2.17. The van der Waals surface area contributed by atoms with Crippen molar-refractivity contribution in [1.29, 1.82) is 0 Å². The van der Waals surface area contributed by atoms with Gasteiger partial charge in [0.1, 0.15) is 17.7 Å². The average Bonchev–Trinajstić information content (AvgIpc) is 2.82. The van der Waals surface area contributed by atoms with Crippen molar-refractivity contribution in [3.63, 3.8) is 0 Å². The summed E-state index contributed by atoms with van der Waals surface area (Å²) in [6, 6.07) is 0.986. The third-order valence-corrected chi connectivity index (χ3v) is 3.32. The molecule has 1 N–H and O–H groups in total. The number of carbonyl (C=O) groups is 1. The van der Waals surface area contributed by atoms with Crippen LogP contribution >= 0.6 is 0 Å². The molecule has 6 heteroatoms. The number of pyridine rings is 1. The fourth-order valence-corrected chi connectivity index (χ4v) is 2.43. The summed E-state index contributed by atoms with van der Waals surface area (Å²) in [5.74, 6) is -1.63. The van der Waals surface area contributed by atoms with E-state index in [0.717, 1.165) is 49.3 Å². The van der Waals surface area contributed by atoms with Gasteiger partial charge < -0.3 is 5.11 Å². The van der Waals surface area contributed by atoms with E-state index in [-0.39, 0.29) is 11.4 Å². The van der Waals surface area contributed by atoms with Crippen LogP contribution in [0.2, 0.25) is 0 Å². The van der Waals surface area contributed by atoms with Crippen LogP contribution < -0.4 is 0 Å². The van der Waals surface area contributed by atoms with E-state index in [1.54, 1.807) is 10.9 Å². The first-order chi connectivity index (χ1) is 9.16. The molecule has 5 nitrogen and oxygen atoms in total. The van der Waals surface area contributed by atoms with Gasteiger partial charge in [0.25, 0.3) is 0 Å². The van der Waals surface area contributed by atoms with Gasteiger partial charge in [0.15, 0.2) is 5.82 Å². The Labute approximate surface area is 108 Å². The first kappa shape index (κ1) is 11.8. The monoisotopic (exact) mass is 261 g/mol. The zero-order valence-corrected chi connectivity index (χ0v) is 10.1. The molecule has 0 radical (unpaired) electrons. The normalized spacial score (nSPS) is 14.2. The van der Waals surface area contributed by atoms with Crippen LogP contribution in [0, 0.1) is 5.82 Å². The molecule has 2 aromatic rings. The number of aryl methyl sites for hydroxylation is 1. The van der Waals surface area contributed by atoms with Gasteiger partial charge in [-0.3, -0.25) is 4.57 Å². The van der Waals surface area contributed by atoms with Gasteiger partial charge in [0.2, 0.25) is 0 Å². The van der Waals surface area contributed by atoms with Crippen molar-refractivity contribution in [3.05, 3.63) is 41.4 Å². The lowest BCUT2D eigenvalue weighted by molar-refractivity contribution is 0.0696. The quantitative estimate of drug-likeness (QED) is 0.897. The van der Waals surface area contributed by atoms with Crippen molar-refractivity contribution in [3.8, 4) is 5.82 Å². The zero-order valence-electron chi connectivity index (χ0n) is 10.1. The molecule has 1 aliphatic rings. The first-order valence-corrected chi connectivity index (χ1v) is 6.11. The van der Waals surface area contributed by atoms with Gasteiger partial charge >= 0.3 is 5.97 Å². The maximum atomic E-state index is 13.1. The Morgan fingerprint density at radius 1 is 1.32 bits per heavy atom. The van der Waals surface area contributed by atoms with Crippen LogP contribution in [0.25, 0.3) is 5.82 Å². The van der Waals surface area contributed by atoms with Gasteiger partial charge in [-0.2, -0.15) is 0 Å². The van der Waals surface area contributed by atoms with Gasteiger partial charge in [-0.25, -0.2) is 19.2 Å². The highest BCUT2D eigenvalue weighted by Crippen LogP contribution is 2.24. The summed E-state index contributed by atoms with van der Waals surface area (Å²) in [4.78, 5) is 19.4. The fraction of sp³-hybridized carbons (Fsp3) is 0.308. The molecule has 0 atom stereocenters. The molecule has 0 bridgehead atoms. The van der Waals surface area contributed by atoms with Crippen molar-refractivity contribution in [1.82, 2.24) is 14.5 Å². The summed E-state index contributed by atoms with van der Waals surface area (Å²) in [5, 5.41) is 9.15. The lowest BCUT2D eigenvalue weighted by atomic mass is 10.0. The molecule has 98 valence electrons. The number of hydrogen-bond donors (Lipinski definition) is 1. The number of fused-ring (bicyclic) bond motifs is 1. The van der Waals surface area contributed by atoms with E-state index in [1.807, 2.05) is 0 Å². The van der Waals surface area contributed by atoms with Crippen molar-refractivity contribution in [2.75, 3.05) is 0 Å². The standard InChI is InChI=1S/C13H12FN3O2/c14-8-5-9(13(18)19)12(15-6-8)17-7-16-10-3-1-2-4-11(10)17/h5-7H,1-4H2,(H,18,19). The molecule has 0 unspecified atom stereocenters. The second-order valence-corrected chi connectivity index (χ2v) is 4.54. The largest absolute Gasteiger partial charge is 0.478 e. The molecular weight excluding hydrogens is 249 g/mol. The van der Waals surface area contributed by atoms with Gasteiger partial charge in [-0.05, 0) is 31.7 Å². The second-order valence-electron chi connectivity index (χ2n) is 4.54. The molecule has 0 spiro atoms. The molecule has 2 aromatic heterocycles. The van der Waals surface area contributed by atoms with Crippen LogP contribution in [-0.2, 0) is 12.8 Å². The van der Waals surface area contributed by atoms with Crippen molar-refractivity contribution in [2.45, 2.75) is 25.7 Å². The molecule has 0 fully saturated rings. The predicted octanol–water partition coefficient (Wildman–Crippen LogP) is 1.98. The fourth-order valence-electron chi connectivity index (χ4n) is 2.43. The second kappa shape index (κ2) is 4.46. The van der Waals surface area contributed by atoms with E-state index in [1.165, 1.54) is 0 Å². The molecular formula is C13H12FN3O2. The molecule has 0 amide bonds. The van der Waals surface area contributed by atoms with Gasteiger partial charge in [-0.15, -0.1) is 0 Å². The molecule has 0 aromatic carbocycles. The van der Waals surface area contributed by atoms with E-state index in [4.69, 9.17) is 5.11 Å². The van der Waals surface area contributed by atoms with Crippen LogP contribution in [0.5, 0.6) is 0 Å². The minimum absolute atomic E-state index is 0.147. The number of carboxylic acids is 1. The van der Waals surface area contributed by atoms with E-state index in [2.05, 4.69) is 9.97 Å². The average molecular weight is 261 g/mol. The highest BCUT2D eigenvalue weighted by molar-refractivity contribution is 5.91. The summed E-state index contributed by atoms with van der Waals surface area (Å²) in [5.41, 5.74) is 1.81. The zero-order chi connectivity index (χ0) is 13.4. The maximum Gasteiger partial charge on any atom is 0.339 e. The van der Waals surface area contributed by atoms with Crippen LogP contribution in [-0.4, -0.2) is 25.6 Å². The van der Waals surface area contributed by atoms with Crippen LogP contribution in [0.4, 0.5) is 4.39 Å². The third-order valence-electron chi connectivity index (χ3n) is 3.32. The minimum Gasteiger partial charge on any atom is -0.478 e. The molecule has 19 heavy (non-hydrogen) atoms. The van der Waals surface area contributed by atoms with Crippen molar-refractivity contribution in [2.24, 2.45) is 0 Å². The molecule has 2 heterocycles. The van der Waals surface area contributed by atoms with Crippen LogP contribution in [0.1, 0.15) is 34.6 Å². The Morgan fingerprint density at radius 2 is 2.11 bits per heavy atom. The van der Waals surface area contributed by atoms with E-state index in [0.29, 0.717) is 0 Å². The molecule has 0 aliphatic heterocycles. The van der Waals surface area contributed by atoms with E-state index < -0.39 is 11.8 Å². The Morgan fingerprint density at radius 3 is 2.89 bits per heavy atom. The topological polar surface area (TPSA) is 68.0 Å². The summed E-state index contributed by atoms with van der Waals surface area (Å²) < 4.78 is 14.8. The molecule has 3 rings (SSSR count). The summed E-state index contributed by atoms with van der Waals surface area (Å²) >= 11 is 0. The van der Waals surface area contributed by atoms with Gasteiger partial charge in [0, 0.05) is 5.69 Å². The Hall–Kier alpha value is -2.24. The van der Waals surface area contributed by atoms with Crippen molar-refractivity contribution >= 4 is 5.97 Å². The first-order valence-electron chi connectivity index (χ1n) is 6.11. The number of nitrogens with zero attached hydrogens (tertiary/aromatic N) is 3. The number of aromatic carboxylic acids is 1.